The van der Waals surface area contributed by atoms with E-state index in [1.165, 1.54) is 10.5 Å². The number of piperazine rings is 1. The molecule has 0 spiro atoms. The smallest absolute Gasteiger partial charge is 0.228 e. The highest BCUT2D eigenvalue weighted by atomic mass is 32.2. The fraction of sp³-hybridized carbons (Fsp3) is 0.200. The molecule has 0 aliphatic carbocycles. The summed E-state index contributed by atoms with van der Waals surface area (Å²) in [6, 6.07) is 20.1. The van der Waals surface area contributed by atoms with Gasteiger partial charge in [-0.05, 0) is 55.3 Å². The zero-order valence-electron chi connectivity index (χ0n) is 18.7. The quantitative estimate of drug-likeness (QED) is 0.366. The number of nitriles is 1. The van der Waals surface area contributed by atoms with Gasteiger partial charge in [-0.1, -0.05) is 17.7 Å². The van der Waals surface area contributed by atoms with Gasteiger partial charge in [-0.25, -0.2) is 14.3 Å². The normalized spacial score (nSPS) is 14.1. The second-order valence-corrected chi connectivity index (χ2v) is 9.98. The van der Waals surface area contributed by atoms with Crippen LogP contribution in [-0.2, 0) is 0 Å². The maximum Gasteiger partial charge on any atom is 0.228 e. The van der Waals surface area contributed by atoms with Gasteiger partial charge in [-0.3, -0.25) is 0 Å². The Balaban J connectivity index is 1.33. The first-order valence-corrected chi connectivity index (χ1v) is 12.6. The first-order valence-electron chi connectivity index (χ1n) is 11.0. The fourth-order valence-corrected chi connectivity index (χ4v) is 5.10. The monoisotopic (exact) mass is 485 g/mol. The van der Waals surface area contributed by atoms with Crippen molar-refractivity contribution in [2.24, 2.45) is 0 Å². The highest BCUT2D eigenvalue weighted by molar-refractivity contribution is 7.97. The molecular formula is C25H23N7S2. The number of aryl methyl sites for hydroxylation is 1. The van der Waals surface area contributed by atoms with Gasteiger partial charge < -0.3 is 10.2 Å². The average molecular weight is 486 g/mol. The van der Waals surface area contributed by atoms with Crippen LogP contribution in [0.25, 0.3) is 10.7 Å². The number of hydrogen-bond acceptors (Lipinski definition) is 9. The van der Waals surface area contributed by atoms with Crippen LogP contribution in [0.4, 0.5) is 17.5 Å². The number of nitrogens with one attached hydrogen (secondary N) is 1. The summed E-state index contributed by atoms with van der Waals surface area (Å²) >= 11 is 3.36. The number of thiazole rings is 1. The SMILES string of the molecule is Cc1ccc(SN2CCN(c3nc(Nc4ccc(C#N)cc4)cc(-c4nccs4)n3)CC2)cc1. The highest BCUT2D eigenvalue weighted by Gasteiger charge is 2.21. The average Bonchev–Trinajstić information content (AvgIpc) is 3.42. The van der Waals surface area contributed by atoms with Crippen molar-refractivity contribution in [3.63, 3.8) is 0 Å². The summed E-state index contributed by atoms with van der Waals surface area (Å²) in [6.45, 7) is 5.63. The zero-order chi connectivity index (χ0) is 23.3. The molecule has 170 valence electrons. The first kappa shape index (κ1) is 22.3. The van der Waals surface area contributed by atoms with E-state index in [2.05, 4.69) is 56.8 Å². The van der Waals surface area contributed by atoms with Gasteiger partial charge in [0.25, 0.3) is 0 Å². The van der Waals surface area contributed by atoms with Crippen molar-refractivity contribution < 1.29 is 0 Å². The molecule has 7 nitrogen and oxygen atoms in total. The predicted molar refractivity (Wildman–Crippen MR) is 138 cm³/mol. The summed E-state index contributed by atoms with van der Waals surface area (Å²) in [7, 11) is 0. The Labute approximate surface area is 207 Å². The second kappa shape index (κ2) is 10.2. The van der Waals surface area contributed by atoms with E-state index in [9.17, 15) is 0 Å². The molecule has 0 unspecified atom stereocenters. The van der Waals surface area contributed by atoms with Crippen LogP contribution in [0.3, 0.4) is 0 Å². The molecule has 1 N–H and O–H groups in total. The van der Waals surface area contributed by atoms with Gasteiger partial charge in [0, 0.05) is 54.4 Å². The zero-order valence-corrected chi connectivity index (χ0v) is 20.3. The Bertz CT molecular complexity index is 1270. The van der Waals surface area contributed by atoms with Gasteiger partial charge in [0.15, 0.2) is 0 Å². The molecule has 3 heterocycles. The van der Waals surface area contributed by atoms with Crippen LogP contribution in [0.15, 0.2) is 71.1 Å². The third kappa shape index (κ3) is 5.37. The van der Waals surface area contributed by atoms with Crippen molar-refractivity contribution >= 4 is 40.7 Å². The molecule has 1 aliphatic rings. The van der Waals surface area contributed by atoms with Crippen molar-refractivity contribution in [2.45, 2.75) is 11.8 Å². The summed E-state index contributed by atoms with van der Waals surface area (Å²) in [4.78, 5) is 17.6. The van der Waals surface area contributed by atoms with E-state index in [0.29, 0.717) is 17.3 Å². The van der Waals surface area contributed by atoms with Gasteiger partial charge in [0.1, 0.15) is 16.5 Å². The summed E-state index contributed by atoms with van der Waals surface area (Å²) in [5, 5.41) is 15.2. The van der Waals surface area contributed by atoms with Crippen LogP contribution in [0.1, 0.15) is 11.1 Å². The lowest BCUT2D eigenvalue weighted by atomic mass is 10.2. The van der Waals surface area contributed by atoms with Gasteiger partial charge in [0.2, 0.25) is 5.95 Å². The van der Waals surface area contributed by atoms with Crippen LogP contribution < -0.4 is 10.2 Å². The fourth-order valence-electron chi connectivity index (χ4n) is 3.60. The minimum absolute atomic E-state index is 0.624. The molecule has 34 heavy (non-hydrogen) atoms. The number of nitrogens with zero attached hydrogens (tertiary/aromatic N) is 6. The Hall–Kier alpha value is -3.45. The van der Waals surface area contributed by atoms with Crippen molar-refractivity contribution in [3.8, 4) is 16.8 Å². The van der Waals surface area contributed by atoms with Crippen LogP contribution in [0.2, 0.25) is 0 Å². The molecule has 4 aromatic rings. The first-order chi connectivity index (χ1) is 16.7. The van der Waals surface area contributed by atoms with E-state index >= 15 is 0 Å². The largest absolute Gasteiger partial charge is 0.340 e. The van der Waals surface area contributed by atoms with E-state index in [-0.39, 0.29) is 0 Å². The summed E-state index contributed by atoms with van der Waals surface area (Å²) < 4.78 is 2.39. The Morgan fingerprint density at radius 3 is 2.44 bits per heavy atom. The Morgan fingerprint density at radius 2 is 1.76 bits per heavy atom. The van der Waals surface area contributed by atoms with E-state index in [1.54, 1.807) is 41.6 Å². The maximum absolute atomic E-state index is 9.05. The third-order valence-corrected chi connectivity index (χ3v) is 7.33. The summed E-state index contributed by atoms with van der Waals surface area (Å²) in [5.41, 5.74) is 3.57. The standard InChI is InChI=1S/C25H23N7S2/c1-18-2-8-21(9-3-18)34-32-13-11-31(12-14-32)25-29-22(24-27-10-15-33-24)16-23(30-25)28-20-6-4-19(17-26)5-7-20/h2-10,15-16H,11-14H2,1H3,(H,28,29,30). The molecule has 0 saturated carbocycles. The van der Waals surface area contributed by atoms with E-state index in [0.717, 1.165) is 42.6 Å². The lowest BCUT2D eigenvalue weighted by Crippen LogP contribution is -2.44. The molecule has 9 heteroatoms. The van der Waals surface area contributed by atoms with Crippen molar-refractivity contribution in [2.75, 3.05) is 36.4 Å². The van der Waals surface area contributed by atoms with Gasteiger partial charge in [0.05, 0.1) is 11.6 Å². The molecule has 0 amide bonds. The van der Waals surface area contributed by atoms with Crippen LogP contribution in [0, 0.1) is 18.3 Å². The lowest BCUT2D eigenvalue weighted by molar-refractivity contribution is 0.426. The van der Waals surface area contributed by atoms with Crippen LogP contribution in [-0.4, -0.2) is 45.4 Å². The molecule has 2 aromatic heterocycles. The van der Waals surface area contributed by atoms with Crippen LogP contribution >= 0.6 is 23.3 Å². The minimum atomic E-state index is 0.624. The maximum atomic E-state index is 9.05. The van der Waals surface area contributed by atoms with E-state index in [1.807, 2.05) is 23.6 Å². The molecular weight excluding hydrogens is 462 g/mol. The van der Waals surface area contributed by atoms with E-state index < -0.39 is 0 Å². The van der Waals surface area contributed by atoms with Gasteiger partial charge in [-0.2, -0.15) is 10.2 Å². The Morgan fingerprint density at radius 1 is 1.00 bits per heavy atom. The molecule has 1 saturated heterocycles. The number of hydrogen-bond donors (Lipinski definition) is 1. The lowest BCUT2D eigenvalue weighted by Gasteiger charge is -2.34. The molecule has 2 aromatic carbocycles. The molecule has 0 radical (unpaired) electrons. The summed E-state index contributed by atoms with van der Waals surface area (Å²) in [5.74, 6) is 1.40. The van der Waals surface area contributed by atoms with Crippen molar-refractivity contribution in [1.29, 1.82) is 5.26 Å². The molecule has 1 aliphatic heterocycles. The van der Waals surface area contributed by atoms with Gasteiger partial charge in [-0.15, -0.1) is 11.3 Å². The number of rotatable bonds is 6. The molecule has 0 atom stereocenters. The second-order valence-electron chi connectivity index (χ2n) is 7.91. The number of benzene rings is 2. The van der Waals surface area contributed by atoms with Crippen molar-refractivity contribution in [1.82, 2.24) is 19.3 Å². The van der Waals surface area contributed by atoms with Crippen molar-refractivity contribution in [3.05, 3.63) is 77.3 Å². The minimum Gasteiger partial charge on any atom is -0.340 e. The molecule has 0 bridgehead atoms. The molecule has 5 rings (SSSR count). The predicted octanol–water partition coefficient (Wildman–Crippen LogP) is 5.35. The summed E-state index contributed by atoms with van der Waals surface area (Å²) in [6.07, 6.45) is 1.79. The molecule has 1 fully saturated rings. The number of aromatic nitrogens is 3. The van der Waals surface area contributed by atoms with Crippen LogP contribution in [0.5, 0.6) is 0 Å². The van der Waals surface area contributed by atoms with E-state index in [4.69, 9.17) is 15.2 Å². The number of anilines is 3. The van der Waals surface area contributed by atoms with Gasteiger partial charge >= 0.3 is 0 Å². The Kier molecular flexibility index (Phi) is 6.72. The topological polar surface area (TPSA) is 81.0 Å². The highest BCUT2D eigenvalue weighted by Crippen LogP contribution is 2.29. The third-order valence-electron chi connectivity index (χ3n) is 5.43.